The second-order valence-electron chi connectivity index (χ2n) is 7.03. The molecule has 3 amide bonds. The Hall–Kier alpha value is -4.26. The topological polar surface area (TPSA) is 179 Å². The van der Waals surface area contributed by atoms with Gasteiger partial charge in [0.05, 0.1) is 31.6 Å². The van der Waals surface area contributed by atoms with E-state index in [9.17, 15) is 14.4 Å². The highest BCUT2D eigenvalue weighted by Crippen LogP contribution is 2.24. The number of carbonyl (C=O) groups is 3. The van der Waals surface area contributed by atoms with Crippen LogP contribution in [0, 0.1) is 0 Å². The maximum absolute atomic E-state index is 12.6. The summed E-state index contributed by atoms with van der Waals surface area (Å²) >= 11 is 0. The standard InChI is InChI=1S/C21H25N7O6/c1-3-4-8-33-21(31)28(7-9-32-2)16-10-13(5-6-23-16)20-26-15(12-34-20)19(30)25-14-11-24-27-17(14)18(22)29/h5-6,10-12H,3-4,7-9H2,1-2H3,(H2,22,29)(H,24,27)(H,25,30). The van der Waals surface area contributed by atoms with E-state index >= 15 is 0 Å². The Kier molecular flexibility index (Phi) is 8.29. The van der Waals surface area contributed by atoms with Gasteiger partial charge in [0.25, 0.3) is 11.8 Å². The minimum atomic E-state index is -0.774. The van der Waals surface area contributed by atoms with Crippen LogP contribution in [0.4, 0.5) is 16.3 Å². The fourth-order valence-corrected chi connectivity index (χ4v) is 2.83. The Bertz CT molecular complexity index is 1140. The summed E-state index contributed by atoms with van der Waals surface area (Å²) < 4.78 is 15.9. The van der Waals surface area contributed by atoms with Crippen molar-refractivity contribution in [2.24, 2.45) is 5.73 Å². The quantitative estimate of drug-likeness (QED) is 0.353. The number of hydrogen-bond acceptors (Lipinski definition) is 9. The van der Waals surface area contributed by atoms with Crippen molar-refractivity contribution in [2.45, 2.75) is 19.8 Å². The summed E-state index contributed by atoms with van der Waals surface area (Å²) in [6, 6.07) is 3.21. The fraction of sp³-hybridized carbons (Fsp3) is 0.333. The molecule has 0 spiro atoms. The van der Waals surface area contributed by atoms with Gasteiger partial charge in [-0.2, -0.15) is 5.10 Å². The molecule has 13 heteroatoms. The van der Waals surface area contributed by atoms with Crippen LogP contribution in [-0.4, -0.2) is 64.9 Å². The van der Waals surface area contributed by atoms with Crippen LogP contribution in [0.25, 0.3) is 11.5 Å². The number of unbranched alkanes of at least 4 members (excludes halogenated alkanes) is 1. The number of hydrogen-bond donors (Lipinski definition) is 3. The van der Waals surface area contributed by atoms with Gasteiger partial charge < -0.3 is 24.9 Å². The third-order valence-electron chi connectivity index (χ3n) is 4.60. The molecule has 3 rings (SSSR count). The molecule has 4 N–H and O–H groups in total. The van der Waals surface area contributed by atoms with Crippen LogP contribution >= 0.6 is 0 Å². The smallest absolute Gasteiger partial charge is 0.415 e. The maximum atomic E-state index is 12.6. The van der Waals surface area contributed by atoms with E-state index in [1.54, 1.807) is 12.1 Å². The van der Waals surface area contributed by atoms with E-state index in [-0.39, 0.29) is 36.1 Å². The molecule has 0 aliphatic heterocycles. The number of pyridine rings is 1. The monoisotopic (exact) mass is 471 g/mol. The summed E-state index contributed by atoms with van der Waals surface area (Å²) in [4.78, 5) is 46.3. The van der Waals surface area contributed by atoms with Gasteiger partial charge in [-0.05, 0) is 18.6 Å². The van der Waals surface area contributed by atoms with Gasteiger partial charge >= 0.3 is 6.09 Å². The van der Waals surface area contributed by atoms with Crippen LogP contribution in [0.2, 0.25) is 0 Å². The normalized spacial score (nSPS) is 10.6. The highest BCUT2D eigenvalue weighted by atomic mass is 16.6. The summed E-state index contributed by atoms with van der Waals surface area (Å²) in [5, 5.41) is 8.59. The van der Waals surface area contributed by atoms with Crippen molar-refractivity contribution >= 4 is 29.4 Å². The lowest BCUT2D eigenvalue weighted by Gasteiger charge is -2.21. The summed E-state index contributed by atoms with van der Waals surface area (Å²) in [7, 11) is 1.53. The van der Waals surface area contributed by atoms with E-state index in [1.807, 2.05) is 6.92 Å². The zero-order valence-corrected chi connectivity index (χ0v) is 18.7. The number of H-pyrrole nitrogens is 1. The third-order valence-corrected chi connectivity index (χ3v) is 4.60. The number of ether oxygens (including phenoxy) is 2. The van der Waals surface area contributed by atoms with Crippen molar-refractivity contribution in [1.82, 2.24) is 20.2 Å². The Morgan fingerprint density at radius 1 is 1.29 bits per heavy atom. The number of primary amides is 1. The third kappa shape index (κ3) is 5.95. The van der Waals surface area contributed by atoms with Gasteiger partial charge in [-0.15, -0.1) is 0 Å². The van der Waals surface area contributed by atoms with Gasteiger partial charge in [-0.25, -0.2) is 14.8 Å². The lowest BCUT2D eigenvalue weighted by Crippen LogP contribution is -2.35. The average molecular weight is 471 g/mol. The number of anilines is 2. The Morgan fingerprint density at radius 3 is 2.85 bits per heavy atom. The number of nitrogens with one attached hydrogen (secondary N) is 2. The first-order chi connectivity index (χ1) is 16.4. The molecule has 0 aromatic carbocycles. The summed E-state index contributed by atoms with van der Waals surface area (Å²) in [6.45, 7) is 2.80. The molecule has 0 aliphatic carbocycles. The minimum Gasteiger partial charge on any atom is -0.449 e. The molecule has 3 aromatic rings. The van der Waals surface area contributed by atoms with Gasteiger partial charge in [0.1, 0.15) is 17.8 Å². The van der Waals surface area contributed by atoms with E-state index < -0.39 is 17.9 Å². The van der Waals surface area contributed by atoms with Gasteiger partial charge in [0.2, 0.25) is 5.89 Å². The van der Waals surface area contributed by atoms with E-state index in [2.05, 4.69) is 25.5 Å². The molecule has 0 aliphatic rings. The van der Waals surface area contributed by atoms with E-state index in [4.69, 9.17) is 19.6 Å². The molecule has 3 heterocycles. The molecule has 0 saturated carbocycles. The molecule has 180 valence electrons. The van der Waals surface area contributed by atoms with Crippen LogP contribution < -0.4 is 16.0 Å². The Morgan fingerprint density at radius 2 is 2.12 bits per heavy atom. The number of aromatic amines is 1. The molecule has 0 atom stereocenters. The molecular formula is C21H25N7O6. The Labute approximate surface area is 194 Å². The molecule has 34 heavy (non-hydrogen) atoms. The molecule has 0 radical (unpaired) electrons. The largest absolute Gasteiger partial charge is 0.449 e. The van der Waals surface area contributed by atoms with Crippen LogP contribution in [0.3, 0.4) is 0 Å². The van der Waals surface area contributed by atoms with Crippen molar-refractivity contribution in [3.05, 3.63) is 42.2 Å². The Balaban J connectivity index is 1.78. The van der Waals surface area contributed by atoms with Crippen molar-refractivity contribution in [3.8, 4) is 11.5 Å². The lowest BCUT2D eigenvalue weighted by atomic mass is 10.2. The van der Waals surface area contributed by atoms with Gasteiger partial charge in [0, 0.05) is 18.9 Å². The number of amides is 3. The van der Waals surface area contributed by atoms with Gasteiger partial charge in [-0.1, -0.05) is 13.3 Å². The molecule has 0 saturated heterocycles. The van der Waals surface area contributed by atoms with Crippen molar-refractivity contribution in [2.75, 3.05) is 37.1 Å². The summed E-state index contributed by atoms with van der Waals surface area (Å²) in [6.07, 6.45) is 4.99. The summed E-state index contributed by atoms with van der Waals surface area (Å²) in [5.41, 5.74) is 5.74. The van der Waals surface area contributed by atoms with E-state index in [0.717, 1.165) is 19.1 Å². The molecule has 0 fully saturated rings. The fourth-order valence-electron chi connectivity index (χ4n) is 2.83. The first-order valence-corrected chi connectivity index (χ1v) is 10.4. The highest BCUT2D eigenvalue weighted by molar-refractivity contribution is 6.07. The molecular weight excluding hydrogens is 446 g/mol. The van der Waals surface area contributed by atoms with Crippen LogP contribution in [0.1, 0.15) is 40.7 Å². The zero-order valence-electron chi connectivity index (χ0n) is 18.7. The summed E-state index contributed by atoms with van der Waals surface area (Å²) in [5.74, 6) is -0.967. The molecule has 3 aromatic heterocycles. The molecule has 0 bridgehead atoms. The number of carbonyl (C=O) groups excluding carboxylic acids is 3. The zero-order chi connectivity index (χ0) is 24.5. The van der Waals surface area contributed by atoms with Crippen molar-refractivity contribution < 1.29 is 28.3 Å². The predicted molar refractivity (Wildman–Crippen MR) is 120 cm³/mol. The number of methoxy groups -OCH3 is 1. The van der Waals surface area contributed by atoms with Crippen LogP contribution in [0.15, 0.2) is 35.2 Å². The van der Waals surface area contributed by atoms with Crippen molar-refractivity contribution in [1.29, 1.82) is 0 Å². The number of nitrogens with zero attached hydrogens (tertiary/aromatic N) is 4. The first kappa shape index (κ1) is 24.4. The maximum Gasteiger partial charge on any atom is 0.415 e. The van der Waals surface area contributed by atoms with Crippen LogP contribution in [0.5, 0.6) is 0 Å². The van der Waals surface area contributed by atoms with Gasteiger partial charge in [-0.3, -0.25) is 19.6 Å². The van der Waals surface area contributed by atoms with Crippen LogP contribution in [-0.2, 0) is 9.47 Å². The molecule has 0 unspecified atom stereocenters. The lowest BCUT2D eigenvalue weighted by molar-refractivity contribution is 0.0996. The molecule has 13 nitrogen and oxygen atoms in total. The van der Waals surface area contributed by atoms with Gasteiger partial charge in [0.15, 0.2) is 5.69 Å². The average Bonchev–Trinajstić information content (AvgIpc) is 3.50. The predicted octanol–water partition coefficient (Wildman–Crippen LogP) is 2.20. The highest BCUT2D eigenvalue weighted by Gasteiger charge is 2.21. The first-order valence-electron chi connectivity index (χ1n) is 10.4. The number of rotatable bonds is 11. The number of nitrogens with two attached hydrogens (primary N) is 1. The van der Waals surface area contributed by atoms with E-state index in [0.29, 0.717) is 18.0 Å². The number of oxazole rings is 1. The number of aromatic nitrogens is 4. The van der Waals surface area contributed by atoms with E-state index in [1.165, 1.54) is 24.4 Å². The second-order valence-corrected chi connectivity index (χ2v) is 7.03. The second kappa shape index (κ2) is 11.6. The minimum absolute atomic E-state index is 0.0415. The SMILES string of the molecule is CCCCOC(=O)N(CCOC)c1cc(-c2nc(C(=O)Nc3cn[nH]c3C(N)=O)co2)ccn1. The van der Waals surface area contributed by atoms with Crippen molar-refractivity contribution in [3.63, 3.8) is 0 Å².